The Kier molecular flexibility index (Phi) is 4.93. The second-order valence-corrected chi connectivity index (χ2v) is 11.3. The van der Waals surface area contributed by atoms with E-state index in [9.17, 15) is 0 Å². The number of para-hydroxylation sites is 4. The monoisotopic (exact) mass is 577 g/mol. The Morgan fingerprint density at radius 2 is 0.978 bits per heavy atom. The molecule has 210 valence electrons. The molecular formula is C40H23N3O2. The zero-order valence-electron chi connectivity index (χ0n) is 23.9. The van der Waals surface area contributed by atoms with Crippen LogP contribution >= 0.6 is 0 Å². The quantitative estimate of drug-likeness (QED) is 0.210. The molecule has 0 saturated carbocycles. The van der Waals surface area contributed by atoms with Gasteiger partial charge in [-0.25, -0.2) is 9.97 Å². The summed E-state index contributed by atoms with van der Waals surface area (Å²) >= 11 is 0. The van der Waals surface area contributed by atoms with E-state index in [1.165, 1.54) is 0 Å². The van der Waals surface area contributed by atoms with Gasteiger partial charge in [-0.2, -0.15) is 0 Å². The SMILES string of the molecule is c1ccc(-n2c3ccccc3c3c(-c4cccc5oc6ccccc6c45)nc(-c4cccc5oc6ccccc6c45)nc32)cc1. The number of benzene rings is 6. The molecule has 0 spiro atoms. The number of furan rings is 2. The fourth-order valence-corrected chi connectivity index (χ4v) is 6.94. The minimum absolute atomic E-state index is 0.638. The number of hydrogen-bond acceptors (Lipinski definition) is 4. The Bertz CT molecular complexity index is 2770. The van der Waals surface area contributed by atoms with Gasteiger partial charge in [0.25, 0.3) is 0 Å². The normalized spacial score (nSPS) is 12.0. The van der Waals surface area contributed by atoms with Crippen LogP contribution in [-0.2, 0) is 0 Å². The molecule has 6 aromatic carbocycles. The average molecular weight is 578 g/mol. The zero-order valence-corrected chi connectivity index (χ0v) is 23.9. The first-order valence-corrected chi connectivity index (χ1v) is 15.0. The van der Waals surface area contributed by atoms with Crippen LogP contribution in [0.1, 0.15) is 0 Å². The van der Waals surface area contributed by atoms with E-state index in [1.807, 2.05) is 60.7 Å². The van der Waals surface area contributed by atoms with Crippen molar-refractivity contribution in [3.05, 3.63) is 140 Å². The highest BCUT2D eigenvalue weighted by Gasteiger charge is 2.24. The third kappa shape index (κ3) is 3.43. The maximum atomic E-state index is 6.34. The van der Waals surface area contributed by atoms with Crippen LogP contribution in [0.2, 0.25) is 0 Å². The molecule has 10 rings (SSSR count). The zero-order chi connectivity index (χ0) is 29.5. The Morgan fingerprint density at radius 1 is 0.422 bits per heavy atom. The van der Waals surface area contributed by atoms with Crippen molar-refractivity contribution in [2.75, 3.05) is 0 Å². The first-order chi connectivity index (χ1) is 22.3. The topological polar surface area (TPSA) is 57.0 Å². The molecule has 4 heterocycles. The fourth-order valence-electron chi connectivity index (χ4n) is 6.94. The molecule has 45 heavy (non-hydrogen) atoms. The summed E-state index contributed by atoms with van der Waals surface area (Å²) in [7, 11) is 0. The van der Waals surface area contributed by atoms with Crippen LogP contribution in [0.15, 0.2) is 148 Å². The Labute approximate surface area is 256 Å². The predicted octanol–water partition coefficient (Wildman–Crippen LogP) is 10.7. The molecule has 10 aromatic rings. The maximum Gasteiger partial charge on any atom is 0.162 e. The van der Waals surface area contributed by atoms with Gasteiger partial charge in [0.15, 0.2) is 5.82 Å². The van der Waals surface area contributed by atoms with Crippen LogP contribution in [0.4, 0.5) is 0 Å². The lowest BCUT2D eigenvalue weighted by Crippen LogP contribution is -2.00. The van der Waals surface area contributed by atoms with Gasteiger partial charge in [-0.05, 0) is 42.5 Å². The van der Waals surface area contributed by atoms with E-state index in [2.05, 4.69) is 83.4 Å². The van der Waals surface area contributed by atoms with Crippen molar-refractivity contribution in [3.8, 4) is 28.3 Å². The predicted molar refractivity (Wildman–Crippen MR) is 182 cm³/mol. The van der Waals surface area contributed by atoms with Crippen molar-refractivity contribution in [1.82, 2.24) is 14.5 Å². The van der Waals surface area contributed by atoms with Crippen molar-refractivity contribution < 1.29 is 8.83 Å². The lowest BCUT2D eigenvalue weighted by Gasteiger charge is -2.11. The van der Waals surface area contributed by atoms with E-state index in [1.54, 1.807) is 0 Å². The summed E-state index contributed by atoms with van der Waals surface area (Å²) in [5.41, 5.74) is 9.09. The molecule has 0 unspecified atom stereocenters. The third-order valence-corrected chi connectivity index (χ3v) is 8.83. The van der Waals surface area contributed by atoms with E-state index in [4.69, 9.17) is 18.8 Å². The van der Waals surface area contributed by atoms with Gasteiger partial charge in [0, 0.05) is 43.7 Å². The number of nitrogens with zero attached hydrogens (tertiary/aromatic N) is 3. The number of rotatable bonds is 3. The van der Waals surface area contributed by atoms with Crippen LogP contribution in [0.5, 0.6) is 0 Å². The van der Waals surface area contributed by atoms with Gasteiger partial charge in [-0.15, -0.1) is 0 Å². The Morgan fingerprint density at radius 3 is 1.69 bits per heavy atom. The minimum atomic E-state index is 0.638. The largest absolute Gasteiger partial charge is 0.456 e. The first kappa shape index (κ1) is 24.3. The minimum Gasteiger partial charge on any atom is -0.456 e. The van der Waals surface area contributed by atoms with E-state index < -0.39 is 0 Å². The van der Waals surface area contributed by atoms with Crippen LogP contribution in [0, 0.1) is 0 Å². The molecule has 0 aliphatic rings. The van der Waals surface area contributed by atoms with Crippen molar-refractivity contribution in [2.24, 2.45) is 0 Å². The second kappa shape index (κ2) is 9.15. The van der Waals surface area contributed by atoms with E-state index >= 15 is 0 Å². The number of hydrogen-bond donors (Lipinski definition) is 0. The number of aromatic nitrogens is 3. The summed E-state index contributed by atoms with van der Waals surface area (Å²) in [6.07, 6.45) is 0. The first-order valence-electron chi connectivity index (χ1n) is 15.0. The second-order valence-electron chi connectivity index (χ2n) is 11.3. The molecule has 0 fully saturated rings. The maximum absolute atomic E-state index is 6.34. The van der Waals surface area contributed by atoms with Gasteiger partial charge >= 0.3 is 0 Å². The standard InChI is InChI=1S/C40H23N3O2/c1-2-12-24(13-3-1)43-30-19-7-4-14-25(30)37-38(28-17-10-22-33-35(28)26-15-5-8-20-31(26)44-33)41-39(42-40(37)43)29-18-11-23-34-36(29)27-16-6-9-21-32(27)45-34/h1-23H. The van der Waals surface area contributed by atoms with Crippen molar-refractivity contribution >= 4 is 65.8 Å². The van der Waals surface area contributed by atoms with Gasteiger partial charge < -0.3 is 8.83 Å². The molecule has 0 amide bonds. The molecule has 0 bridgehead atoms. The molecule has 5 heteroatoms. The van der Waals surface area contributed by atoms with Crippen molar-refractivity contribution in [2.45, 2.75) is 0 Å². The van der Waals surface area contributed by atoms with Gasteiger partial charge in [0.2, 0.25) is 0 Å². The molecule has 5 nitrogen and oxygen atoms in total. The van der Waals surface area contributed by atoms with Gasteiger partial charge in [-0.3, -0.25) is 4.57 Å². The lowest BCUT2D eigenvalue weighted by molar-refractivity contribution is 0.668. The molecular weight excluding hydrogens is 554 g/mol. The molecule has 0 radical (unpaired) electrons. The molecule has 4 aromatic heterocycles. The third-order valence-electron chi connectivity index (χ3n) is 8.83. The summed E-state index contributed by atoms with van der Waals surface area (Å²) in [5, 5.41) is 6.25. The summed E-state index contributed by atoms with van der Waals surface area (Å²) in [5.74, 6) is 0.638. The lowest BCUT2D eigenvalue weighted by atomic mass is 9.99. The van der Waals surface area contributed by atoms with Crippen molar-refractivity contribution in [1.29, 1.82) is 0 Å². The summed E-state index contributed by atoms with van der Waals surface area (Å²) in [6.45, 7) is 0. The van der Waals surface area contributed by atoms with E-state index in [-0.39, 0.29) is 0 Å². The summed E-state index contributed by atoms with van der Waals surface area (Å²) in [6, 6.07) is 47.6. The highest BCUT2D eigenvalue weighted by molar-refractivity contribution is 6.20. The van der Waals surface area contributed by atoms with Crippen LogP contribution in [0.3, 0.4) is 0 Å². The highest BCUT2D eigenvalue weighted by atomic mass is 16.3. The Balaban J connectivity index is 1.41. The average Bonchev–Trinajstić information content (AvgIpc) is 3.77. The van der Waals surface area contributed by atoms with Gasteiger partial charge in [0.1, 0.15) is 28.0 Å². The smallest absolute Gasteiger partial charge is 0.162 e. The van der Waals surface area contributed by atoms with Crippen LogP contribution in [0.25, 0.3) is 94.1 Å². The number of fused-ring (bicyclic) bond motifs is 9. The van der Waals surface area contributed by atoms with Crippen LogP contribution < -0.4 is 0 Å². The Hall–Kier alpha value is -6.20. The van der Waals surface area contributed by atoms with Crippen molar-refractivity contribution in [3.63, 3.8) is 0 Å². The van der Waals surface area contributed by atoms with E-state index in [0.29, 0.717) is 5.82 Å². The molecule has 0 N–H and O–H groups in total. The van der Waals surface area contributed by atoms with E-state index in [0.717, 1.165) is 88.3 Å². The highest BCUT2D eigenvalue weighted by Crippen LogP contribution is 2.44. The summed E-state index contributed by atoms with van der Waals surface area (Å²) < 4.78 is 14.9. The van der Waals surface area contributed by atoms with Gasteiger partial charge in [-0.1, -0.05) is 97.1 Å². The van der Waals surface area contributed by atoms with Crippen LogP contribution in [-0.4, -0.2) is 14.5 Å². The van der Waals surface area contributed by atoms with Gasteiger partial charge in [0.05, 0.1) is 16.6 Å². The molecule has 0 saturated heterocycles. The summed E-state index contributed by atoms with van der Waals surface area (Å²) in [4.78, 5) is 10.9. The molecule has 0 aliphatic heterocycles. The fraction of sp³-hybridized carbons (Fsp3) is 0. The molecule has 0 atom stereocenters. The molecule has 0 aliphatic carbocycles.